The first kappa shape index (κ1) is 6.18. The smallest absolute Gasteiger partial charge is 0.0466 e. The van der Waals surface area contributed by atoms with Crippen molar-refractivity contribution in [3.05, 3.63) is 0 Å². The van der Waals surface area contributed by atoms with Crippen molar-refractivity contribution in [1.82, 2.24) is 0 Å². The lowest BCUT2D eigenvalue weighted by Crippen LogP contribution is -1.74. The van der Waals surface area contributed by atoms with Crippen LogP contribution in [0, 0.1) is 0 Å². The molecule has 1 aliphatic rings. The Kier molecular flexibility index (Phi) is 3.47. The predicted molar refractivity (Wildman–Crippen MR) is 25.8 cm³/mol. The summed E-state index contributed by atoms with van der Waals surface area (Å²) in [5, 5.41) is 0. The third kappa shape index (κ3) is 1.57. The molecule has 0 saturated carbocycles. The zero-order chi connectivity index (χ0) is 3.54. The molecule has 0 N–H and O–H groups in total. The fourth-order valence-electron chi connectivity index (χ4n) is 0.510. The molecule has 1 aliphatic heterocycles. The third-order valence-electron chi connectivity index (χ3n) is 0.827. The van der Waals surface area contributed by atoms with Crippen molar-refractivity contribution in [2.45, 2.75) is 12.8 Å². The van der Waals surface area contributed by atoms with Gasteiger partial charge in [-0.1, -0.05) is 0 Å². The summed E-state index contributed by atoms with van der Waals surface area (Å²) in [7, 11) is 0. The van der Waals surface area contributed by atoms with E-state index in [0.717, 1.165) is 13.2 Å². The second-order valence-corrected chi connectivity index (χ2v) is 1.32. The molecule has 6 heavy (non-hydrogen) atoms. The number of hydrogen-bond donors (Lipinski definition) is 0. The normalized spacial score (nSPS) is 20.0. The Morgan fingerprint density at radius 1 is 1.00 bits per heavy atom. The highest BCUT2D eigenvalue weighted by Crippen LogP contribution is 1.98. The van der Waals surface area contributed by atoms with E-state index in [9.17, 15) is 0 Å². The topological polar surface area (TPSA) is 9.23 Å². The number of rotatable bonds is 0. The molecule has 4 radical (unpaired) electrons. The summed E-state index contributed by atoms with van der Waals surface area (Å²) in [6, 6.07) is 0. The first-order chi connectivity index (χ1) is 2.50. The highest BCUT2D eigenvalue weighted by Gasteiger charge is 1.94. The molecule has 0 unspecified atom stereocenters. The van der Waals surface area contributed by atoms with Crippen LogP contribution in [0.1, 0.15) is 12.8 Å². The van der Waals surface area contributed by atoms with Crippen LogP contribution in [0.2, 0.25) is 0 Å². The number of ether oxygens (including phenoxy) is 1. The zero-order valence-electron chi connectivity index (χ0n) is 3.74. The van der Waals surface area contributed by atoms with Crippen LogP contribution in [0.4, 0.5) is 0 Å². The quantitative estimate of drug-likeness (QED) is 0.401. The molecule has 0 bridgehead atoms. The minimum Gasteiger partial charge on any atom is -0.381 e. The molecule has 0 aromatic carbocycles. The minimum absolute atomic E-state index is 0. The van der Waals surface area contributed by atoms with Crippen molar-refractivity contribution in [3.63, 3.8) is 0 Å². The predicted octanol–water partition coefficient (Wildman–Crippen LogP) is 0.416. The van der Waals surface area contributed by atoms with Gasteiger partial charge in [-0.2, -0.15) is 0 Å². The van der Waals surface area contributed by atoms with Gasteiger partial charge >= 0.3 is 0 Å². The van der Waals surface area contributed by atoms with Gasteiger partial charge in [-0.3, -0.25) is 0 Å². The van der Waals surface area contributed by atoms with Crippen LogP contribution in [-0.4, -0.2) is 24.2 Å². The van der Waals surface area contributed by atoms with E-state index in [0.29, 0.717) is 0 Å². The Balaban J connectivity index is 0.000000250. The fourth-order valence-corrected chi connectivity index (χ4v) is 0.510. The monoisotopic (exact) mass is 100 g/mol. The maximum absolute atomic E-state index is 4.94. The van der Waals surface area contributed by atoms with Crippen molar-refractivity contribution in [3.8, 4) is 0 Å². The van der Waals surface area contributed by atoms with Crippen LogP contribution >= 0.6 is 0 Å². The van der Waals surface area contributed by atoms with E-state index >= 15 is 0 Å². The van der Waals surface area contributed by atoms with E-state index in [2.05, 4.69) is 0 Å². The molecule has 34 valence electrons. The van der Waals surface area contributed by atoms with Crippen molar-refractivity contribution in [1.29, 1.82) is 0 Å². The van der Waals surface area contributed by atoms with Gasteiger partial charge < -0.3 is 4.74 Å². The lowest BCUT2D eigenvalue weighted by Gasteiger charge is -1.76. The van der Waals surface area contributed by atoms with Gasteiger partial charge in [-0.15, -0.1) is 0 Å². The Bertz CT molecular complexity index is 19.1. The highest BCUT2D eigenvalue weighted by molar-refractivity contribution is 5.75. The first-order valence-corrected chi connectivity index (χ1v) is 2.08. The van der Waals surface area contributed by atoms with Gasteiger partial charge in [-0.25, -0.2) is 0 Å². The average Bonchev–Trinajstić information content (AvgIpc) is 1.76. The molecule has 0 atom stereocenters. The van der Waals surface area contributed by atoms with E-state index in [1.807, 2.05) is 0 Å². The van der Waals surface area contributed by atoms with Crippen LogP contribution in [0.5, 0.6) is 0 Å². The van der Waals surface area contributed by atoms with Crippen molar-refractivity contribution in [2.24, 2.45) is 0 Å². The molecule has 1 saturated heterocycles. The minimum atomic E-state index is 0. The van der Waals surface area contributed by atoms with E-state index in [-0.39, 0.29) is 11.0 Å². The van der Waals surface area contributed by atoms with Gasteiger partial charge in [0.05, 0.1) is 0 Å². The molecular weight excluding hydrogens is 92.1 g/mol. The molecule has 0 aliphatic carbocycles. The standard InChI is InChI=1S/C4H8O.Si/c1-2-4-5-3-1;/h1-4H2;. The van der Waals surface area contributed by atoms with Gasteiger partial charge in [0, 0.05) is 24.2 Å². The fraction of sp³-hybridized carbons (Fsp3) is 1.00. The molecular formula is C4H8OSi. The van der Waals surface area contributed by atoms with Gasteiger partial charge in [-0.05, 0) is 12.8 Å². The Morgan fingerprint density at radius 2 is 1.50 bits per heavy atom. The van der Waals surface area contributed by atoms with Gasteiger partial charge in [0.15, 0.2) is 0 Å². The van der Waals surface area contributed by atoms with E-state index in [4.69, 9.17) is 4.74 Å². The third-order valence-corrected chi connectivity index (χ3v) is 0.827. The van der Waals surface area contributed by atoms with Crippen LogP contribution in [0.3, 0.4) is 0 Å². The first-order valence-electron chi connectivity index (χ1n) is 2.08. The second-order valence-electron chi connectivity index (χ2n) is 1.32. The van der Waals surface area contributed by atoms with Crippen LogP contribution < -0.4 is 0 Å². The van der Waals surface area contributed by atoms with Gasteiger partial charge in [0.2, 0.25) is 0 Å². The SMILES string of the molecule is C1CCOC1.[Si]. The molecule has 0 aromatic rings. The molecule has 0 amide bonds. The average molecular weight is 100 g/mol. The van der Waals surface area contributed by atoms with Gasteiger partial charge in [0.25, 0.3) is 0 Å². The molecule has 2 heteroatoms. The summed E-state index contributed by atoms with van der Waals surface area (Å²) in [5.74, 6) is 0. The summed E-state index contributed by atoms with van der Waals surface area (Å²) in [6.07, 6.45) is 2.56. The molecule has 1 nitrogen and oxygen atoms in total. The van der Waals surface area contributed by atoms with Crippen LogP contribution in [-0.2, 0) is 4.74 Å². The Hall–Kier alpha value is 0.177. The van der Waals surface area contributed by atoms with Crippen molar-refractivity contribution >= 4 is 11.0 Å². The maximum atomic E-state index is 4.94. The van der Waals surface area contributed by atoms with Gasteiger partial charge in [0.1, 0.15) is 0 Å². The summed E-state index contributed by atoms with van der Waals surface area (Å²) >= 11 is 0. The summed E-state index contributed by atoms with van der Waals surface area (Å²) in [4.78, 5) is 0. The largest absolute Gasteiger partial charge is 0.381 e. The molecule has 0 spiro atoms. The van der Waals surface area contributed by atoms with Crippen molar-refractivity contribution < 1.29 is 4.74 Å². The number of hydrogen-bond acceptors (Lipinski definition) is 1. The summed E-state index contributed by atoms with van der Waals surface area (Å²) in [6.45, 7) is 2.00. The van der Waals surface area contributed by atoms with Crippen LogP contribution in [0.15, 0.2) is 0 Å². The zero-order valence-corrected chi connectivity index (χ0v) is 4.74. The second kappa shape index (κ2) is 3.37. The molecule has 1 rings (SSSR count). The lowest BCUT2D eigenvalue weighted by atomic mass is 10.4. The maximum Gasteiger partial charge on any atom is 0.0466 e. The van der Waals surface area contributed by atoms with Crippen LogP contribution in [0.25, 0.3) is 0 Å². The molecule has 0 aromatic heterocycles. The van der Waals surface area contributed by atoms with Crippen molar-refractivity contribution in [2.75, 3.05) is 13.2 Å². The Labute approximate surface area is 42.7 Å². The summed E-state index contributed by atoms with van der Waals surface area (Å²) < 4.78 is 4.94. The Morgan fingerprint density at radius 3 is 1.67 bits per heavy atom. The highest BCUT2D eigenvalue weighted by atomic mass is 28.1. The molecule has 1 heterocycles. The lowest BCUT2D eigenvalue weighted by molar-refractivity contribution is 0.198. The summed E-state index contributed by atoms with van der Waals surface area (Å²) in [5.41, 5.74) is 0. The van der Waals surface area contributed by atoms with E-state index < -0.39 is 0 Å². The molecule has 1 fully saturated rings. The van der Waals surface area contributed by atoms with E-state index in [1.54, 1.807) is 0 Å². The van der Waals surface area contributed by atoms with E-state index in [1.165, 1.54) is 12.8 Å².